The predicted molar refractivity (Wildman–Crippen MR) is 149 cm³/mol. The highest BCUT2D eigenvalue weighted by Crippen LogP contribution is 2.37. The molecule has 0 amide bonds. The lowest BCUT2D eigenvalue weighted by molar-refractivity contribution is 0.0357. The van der Waals surface area contributed by atoms with Gasteiger partial charge in [-0.15, -0.1) is 0 Å². The summed E-state index contributed by atoms with van der Waals surface area (Å²) < 4.78 is 43.9. The number of hydrogen-bond donors (Lipinski definition) is 0. The topological polar surface area (TPSA) is 101 Å². The average Bonchev–Trinajstić information content (AvgIpc) is 3.00. The Balaban J connectivity index is 1.34. The molecule has 0 bridgehead atoms. The summed E-state index contributed by atoms with van der Waals surface area (Å²) in [5.41, 5.74) is 0.0316. The first-order valence-electron chi connectivity index (χ1n) is 13.2. The zero-order valence-electron chi connectivity index (χ0n) is 22.8. The van der Waals surface area contributed by atoms with Crippen molar-refractivity contribution in [3.8, 4) is 28.7 Å². The third-order valence-corrected chi connectivity index (χ3v) is 6.73. The molecule has 41 heavy (non-hydrogen) atoms. The van der Waals surface area contributed by atoms with Crippen LogP contribution in [-0.4, -0.2) is 74.1 Å². The highest BCUT2D eigenvalue weighted by atomic mass is 19.1. The molecule has 1 aliphatic heterocycles. The molecule has 11 heteroatoms. The maximum absolute atomic E-state index is 15.2. The van der Waals surface area contributed by atoms with E-state index in [1.165, 1.54) is 37.6 Å². The fourth-order valence-electron chi connectivity index (χ4n) is 4.59. The van der Waals surface area contributed by atoms with Gasteiger partial charge < -0.3 is 23.7 Å². The Morgan fingerprint density at radius 2 is 1.85 bits per heavy atom. The van der Waals surface area contributed by atoms with Crippen molar-refractivity contribution in [3.05, 3.63) is 82.7 Å². The minimum atomic E-state index is -0.772. The van der Waals surface area contributed by atoms with Gasteiger partial charge in [-0.25, -0.2) is 9.18 Å². The molecule has 10 nitrogen and oxygen atoms in total. The van der Waals surface area contributed by atoms with Crippen LogP contribution in [-0.2, 0) is 9.47 Å². The number of morpholine rings is 1. The lowest BCUT2D eigenvalue weighted by atomic mass is 10.1. The van der Waals surface area contributed by atoms with Crippen LogP contribution in [0.4, 0.5) is 4.39 Å². The van der Waals surface area contributed by atoms with Crippen LogP contribution in [0.3, 0.4) is 0 Å². The van der Waals surface area contributed by atoms with E-state index in [4.69, 9.17) is 18.9 Å². The number of benzene rings is 2. The molecule has 0 unspecified atom stereocenters. The number of aromatic nitrogens is 2. The second-order valence-corrected chi connectivity index (χ2v) is 9.29. The quantitative estimate of drug-likeness (QED) is 0.207. The zero-order chi connectivity index (χ0) is 28.8. The van der Waals surface area contributed by atoms with Crippen molar-refractivity contribution in [3.63, 3.8) is 0 Å². The number of pyridine rings is 2. The highest BCUT2D eigenvalue weighted by Gasteiger charge is 2.17. The zero-order valence-corrected chi connectivity index (χ0v) is 22.8. The van der Waals surface area contributed by atoms with Crippen molar-refractivity contribution in [2.45, 2.75) is 6.42 Å². The van der Waals surface area contributed by atoms with E-state index in [2.05, 4.69) is 14.6 Å². The fraction of sp³-hybridized carbons (Fsp3) is 0.300. The molecule has 0 atom stereocenters. The van der Waals surface area contributed by atoms with Gasteiger partial charge in [0.25, 0.3) is 5.56 Å². The minimum Gasteiger partial charge on any atom is -0.493 e. The lowest BCUT2D eigenvalue weighted by Crippen LogP contribution is -2.37. The minimum absolute atomic E-state index is 0.0548. The molecule has 5 rings (SSSR count). The van der Waals surface area contributed by atoms with Crippen LogP contribution in [0.1, 0.15) is 16.8 Å². The van der Waals surface area contributed by atoms with Gasteiger partial charge in [0.15, 0.2) is 23.1 Å². The van der Waals surface area contributed by atoms with Crippen molar-refractivity contribution >= 4 is 16.9 Å². The van der Waals surface area contributed by atoms with Crippen LogP contribution < -0.4 is 19.8 Å². The van der Waals surface area contributed by atoms with Crippen molar-refractivity contribution in [1.82, 2.24) is 14.5 Å². The Labute approximate surface area is 235 Å². The fourth-order valence-corrected chi connectivity index (χ4v) is 4.59. The van der Waals surface area contributed by atoms with Gasteiger partial charge >= 0.3 is 5.97 Å². The Bertz CT molecular complexity index is 1600. The van der Waals surface area contributed by atoms with Gasteiger partial charge in [0.1, 0.15) is 11.3 Å². The molecule has 1 saturated heterocycles. The Morgan fingerprint density at radius 1 is 1.02 bits per heavy atom. The van der Waals surface area contributed by atoms with E-state index in [1.807, 2.05) is 0 Å². The molecule has 1 aliphatic rings. The highest BCUT2D eigenvalue weighted by molar-refractivity contribution is 5.89. The molecule has 3 heterocycles. The summed E-state index contributed by atoms with van der Waals surface area (Å²) in [6, 6.07) is 12.1. The number of esters is 1. The number of ether oxygens (including phenoxy) is 5. The summed E-state index contributed by atoms with van der Waals surface area (Å²) in [4.78, 5) is 31.4. The monoisotopic (exact) mass is 563 g/mol. The SMILES string of the molecule is COC(=O)c1cccn(-c2ccc(Oc3ccnc4cc(OCCCN5CCOCC5)c(OC)cc34)c(F)c2)c1=O. The standard InChI is InChI=1S/C30H30FN3O7/c1-37-27-18-22-24(19-28(27)40-14-4-10-33-12-15-39-16-13-33)32-9-8-25(22)41-26-7-6-20(17-23(26)31)34-11-3-5-21(29(34)35)30(36)38-2/h3,5-9,11,17-19H,4,10,12-16H2,1-2H3. The molecule has 0 radical (unpaired) electrons. The molecule has 0 aliphatic carbocycles. The molecule has 2 aromatic heterocycles. The second kappa shape index (κ2) is 12.8. The molecule has 1 fully saturated rings. The van der Waals surface area contributed by atoms with E-state index in [1.54, 1.807) is 31.5 Å². The van der Waals surface area contributed by atoms with Crippen molar-refractivity contribution < 1.29 is 32.9 Å². The van der Waals surface area contributed by atoms with Crippen LogP contribution >= 0.6 is 0 Å². The van der Waals surface area contributed by atoms with Gasteiger partial charge in [-0.3, -0.25) is 19.2 Å². The number of rotatable bonds is 10. The van der Waals surface area contributed by atoms with Crippen molar-refractivity contribution in [1.29, 1.82) is 0 Å². The third kappa shape index (κ3) is 6.31. The number of carbonyl (C=O) groups excluding carboxylic acids is 1. The average molecular weight is 564 g/mol. The molecular formula is C30H30FN3O7. The third-order valence-electron chi connectivity index (χ3n) is 6.73. The van der Waals surface area contributed by atoms with Crippen molar-refractivity contribution in [2.24, 2.45) is 0 Å². The summed E-state index contributed by atoms with van der Waals surface area (Å²) >= 11 is 0. The van der Waals surface area contributed by atoms with Gasteiger partial charge in [0, 0.05) is 49.5 Å². The Hall–Kier alpha value is -4.48. The van der Waals surface area contributed by atoms with Gasteiger partial charge in [-0.2, -0.15) is 0 Å². The van der Waals surface area contributed by atoms with E-state index in [0.717, 1.165) is 49.9 Å². The molecular weight excluding hydrogens is 533 g/mol. The lowest BCUT2D eigenvalue weighted by Gasteiger charge is -2.26. The van der Waals surface area contributed by atoms with E-state index in [-0.39, 0.29) is 17.0 Å². The number of fused-ring (bicyclic) bond motifs is 1. The van der Waals surface area contributed by atoms with E-state index >= 15 is 4.39 Å². The summed E-state index contributed by atoms with van der Waals surface area (Å²) in [5, 5.41) is 0.607. The van der Waals surface area contributed by atoms with Gasteiger partial charge in [-0.1, -0.05) is 0 Å². The predicted octanol–water partition coefficient (Wildman–Crippen LogP) is 4.21. The second-order valence-electron chi connectivity index (χ2n) is 9.29. The number of methoxy groups -OCH3 is 2. The maximum Gasteiger partial charge on any atom is 0.343 e. The molecule has 0 N–H and O–H groups in total. The maximum atomic E-state index is 15.2. The van der Waals surface area contributed by atoms with Crippen LogP contribution in [0.15, 0.2) is 65.7 Å². The van der Waals surface area contributed by atoms with Crippen LogP contribution in [0.25, 0.3) is 16.6 Å². The summed E-state index contributed by atoms with van der Waals surface area (Å²) in [6.45, 7) is 4.81. The summed E-state index contributed by atoms with van der Waals surface area (Å²) in [6.07, 6.45) is 3.86. The van der Waals surface area contributed by atoms with Gasteiger partial charge in [-0.05, 0) is 42.8 Å². The van der Waals surface area contributed by atoms with E-state index in [0.29, 0.717) is 34.8 Å². The van der Waals surface area contributed by atoms with Crippen LogP contribution in [0.2, 0.25) is 0 Å². The molecule has 214 valence electrons. The van der Waals surface area contributed by atoms with Gasteiger partial charge in [0.2, 0.25) is 0 Å². The van der Waals surface area contributed by atoms with Crippen molar-refractivity contribution in [2.75, 3.05) is 53.7 Å². The number of hydrogen-bond acceptors (Lipinski definition) is 9. The Kier molecular flexibility index (Phi) is 8.76. The first-order chi connectivity index (χ1) is 20.0. The number of nitrogens with zero attached hydrogens (tertiary/aromatic N) is 3. The van der Waals surface area contributed by atoms with E-state index in [9.17, 15) is 9.59 Å². The molecule has 4 aromatic rings. The Morgan fingerprint density at radius 3 is 2.61 bits per heavy atom. The molecule has 2 aromatic carbocycles. The largest absolute Gasteiger partial charge is 0.493 e. The van der Waals surface area contributed by atoms with Crippen LogP contribution in [0, 0.1) is 5.82 Å². The number of halogens is 1. The smallest absolute Gasteiger partial charge is 0.343 e. The molecule has 0 spiro atoms. The van der Waals surface area contributed by atoms with Crippen LogP contribution in [0.5, 0.6) is 23.0 Å². The first kappa shape index (κ1) is 28.1. The van der Waals surface area contributed by atoms with E-state index < -0.39 is 17.3 Å². The summed E-state index contributed by atoms with van der Waals surface area (Å²) in [7, 11) is 2.74. The summed E-state index contributed by atoms with van der Waals surface area (Å²) in [5.74, 6) is -0.102. The molecule has 0 saturated carbocycles. The first-order valence-corrected chi connectivity index (χ1v) is 13.2. The normalized spacial score (nSPS) is 13.6. The number of carbonyl (C=O) groups is 1. The van der Waals surface area contributed by atoms with Gasteiger partial charge in [0.05, 0.1) is 45.2 Å².